The number of nitrogens with two attached hydrogens (primary N) is 1. The van der Waals surface area contributed by atoms with Gasteiger partial charge in [0.15, 0.2) is 0 Å². The van der Waals surface area contributed by atoms with Gasteiger partial charge >= 0.3 is 0 Å². The molecule has 2 rings (SSSR count). The summed E-state index contributed by atoms with van der Waals surface area (Å²) in [5.41, 5.74) is 5.81. The maximum Gasteiger partial charge on any atom is 0.141 e. The molecule has 1 aliphatic heterocycles. The summed E-state index contributed by atoms with van der Waals surface area (Å²) in [4.78, 5) is 3.98. The van der Waals surface area contributed by atoms with Gasteiger partial charge in [0.1, 0.15) is 23.4 Å². The zero-order valence-corrected chi connectivity index (χ0v) is 8.98. The highest BCUT2D eigenvalue weighted by molar-refractivity contribution is 5.93. The minimum atomic E-state index is -0.0440. The fourth-order valence-electron chi connectivity index (χ4n) is 1.62. The van der Waals surface area contributed by atoms with E-state index in [4.69, 9.17) is 20.6 Å². The van der Waals surface area contributed by atoms with Gasteiger partial charge in [-0.25, -0.2) is 0 Å². The standard InChI is InChI=1S/C11H15N3O2/c12-11(13)10-7-9(1-4-14-10)16-8-2-5-15-6-3-8/h1,4,7-8H,2-3,5-6H2,(H3,12,13). The highest BCUT2D eigenvalue weighted by Crippen LogP contribution is 2.17. The Morgan fingerprint density at radius 1 is 1.50 bits per heavy atom. The van der Waals surface area contributed by atoms with Crippen molar-refractivity contribution >= 4 is 5.84 Å². The van der Waals surface area contributed by atoms with Crippen molar-refractivity contribution in [3.05, 3.63) is 24.0 Å². The van der Waals surface area contributed by atoms with Gasteiger partial charge in [-0.05, 0) is 6.07 Å². The number of aromatic nitrogens is 1. The van der Waals surface area contributed by atoms with Gasteiger partial charge in [-0.15, -0.1) is 0 Å². The van der Waals surface area contributed by atoms with Crippen LogP contribution < -0.4 is 10.5 Å². The zero-order valence-electron chi connectivity index (χ0n) is 8.98. The van der Waals surface area contributed by atoms with Gasteiger partial charge in [0, 0.05) is 25.1 Å². The number of nitrogen functional groups attached to an aromatic ring is 1. The van der Waals surface area contributed by atoms with Crippen LogP contribution in [0.25, 0.3) is 0 Å². The Morgan fingerprint density at radius 2 is 2.25 bits per heavy atom. The van der Waals surface area contributed by atoms with Gasteiger partial charge in [0.05, 0.1) is 13.2 Å². The van der Waals surface area contributed by atoms with Crippen LogP contribution in [0.2, 0.25) is 0 Å². The molecule has 0 radical (unpaired) electrons. The van der Waals surface area contributed by atoms with Crippen LogP contribution in [0.5, 0.6) is 5.75 Å². The molecule has 0 amide bonds. The molecule has 0 bridgehead atoms. The second-order valence-electron chi connectivity index (χ2n) is 3.72. The Hall–Kier alpha value is -1.62. The molecule has 1 aromatic rings. The average molecular weight is 221 g/mol. The number of nitrogens with one attached hydrogen (secondary N) is 1. The molecule has 86 valence electrons. The summed E-state index contributed by atoms with van der Waals surface area (Å²) < 4.78 is 11.0. The Kier molecular flexibility index (Phi) is 3.36. The molecule has 0 saturated carbocycles. The monoisotopic (exact) mass is 221 g/mol. The molecule has 1 aliphatic rings. The molecule has 16 heavy (non-hydrogen) atoms. The fraction of sp³-hybridized carbons (Fsp3) is 0.455. The van der Waals surface area contributed by atoms with Crippen molar-refractivity contribution < 1.29 is 9.47 Å². The van der Waals surface area contributed by atoms with E-state index >= 15 is 0 Å². The quantitative estimate of drug-likeness (QED) is 0.587. The van der Waals surface area contributed by atoms with Crippen molar-refractivity contribution in [1.82, 2.24) is 4.98 Å². The summed E-state index contributed by atoms with van der Waals surface area (Å²) in [7, 11) is 0. The molecule has 1 fully saturated rings. The van der Waals surface area contributed by atoms with Crippen LogP contribution in [0, 0.1) is 5.41 Å². The third-order valence-electron chi connectivity index (χ3n) is 2.48. The highest BCUT2D eigenvalue weighted by atomic mass is 16.5. The molecule has 5 nitrogen and oxygen atoms in total. The van der Waals surface area contributed by atoms with Gasteiger partial charge in [-0.3, -0.25) is 10.4 Å². The van der Waals surface area contributed by atoms with Crippen LogP contribution in [0.3, 0.4) is 0 Å². The number of hydrogen-bond donors (Lipinski definition) is 2. The molecule has 0 aromatic carbocycles. The van der Waals surface area contributed by atoms with Crippen LogP contribution in [0.4, 0.5) is 0 Å². The van der Waals surface area contributed by atoms with E-state index in [9.17, 15) is 0 Å². The van der Waals surface area contributed by atoms with E-state index in [1.165, 1.54) is 0 Å². The predicted molar refractivity (Wildman–Crippen MR) is 59.7 cm³/mol. The molecule has 2 heterocycles. The molecular weight excluding hydrogens is 206 g/mol. The Labute approximate surface area is 94.1 Å². The van der Waals surface area contributed by atoms with Crippen LogP contribution >= 0.6 is 0 Å². The number of ether oxygens (including phenoxy) is 2. The number of nitrogens with zero attached hydrogens (tertiary/aromatic N) is 1. The van der Waals surface area contributed by atoms with E-state index < -0.39 is 0 Å². The molecule has 3 N–H and O–H groups in total. The summed E-state index contributed by atoms with van der Waals surface area (Å²) in [5, 5.41) is 7.29. The molecule has 0 unspecified atom stereocenters. The van der Waals surface area contributed by atoms with Crippen molar-refractivity contribution in [1.29, 1.82) is 5.41 Å². The first-order chi connectivity index (χ1) is 7.75. The normalized spacial score (nSPS) is 17.0. The lowest BCUT2D eigenvalue weighted by Crippen LogP contribution is -2.26. The van der Waals surface area contributed by atoms with E-state index in [1.807, 2.05) is 0 Å². The third-order valence-corrected chi connectivity index (χ3v) is 2.48. The van der Waals surface area contributed by atoms with Crippen molar-refractivity contribution in [2.75, 3.05) is 13.2 Å². The summed E-state index contributed by atoms with van der Waals surface area (Å²) in [6.07, 6.45) is 3.59. The minimum absolute atomic E-state index is 0.0440. The molecule has 5 heteroatoms. The topological polar surface area (TPSA) is 81.2 Å². The first-order valence-corrected chi connectivity index (χ1v) is 5.30. The maximum atomic E-state index is 7.29. The summed E-state index contributed by atoms with van der Waals surface area (Å²) >= 11 is 0. The average Bonchev–Trinajstić information content (AvgIpc) is 2.30. The lowest BCUT2D eigenvalue weighted by molar-refractivity contribution is 0.0255. The van der Waals surface area contributed by atoms with E-state index in [0.717, 1.165) is 26.1 Å². The van der Waals surface area contributed by atoms with Gasteiger partial charge in [-0.2, -0.15) is 0 Å². The van der Waals surface area contributed by atoms with Crippen LogP contribution in [-0.2, 0) is 4.74 Å². The third kappa shape index (κ3) is 2.70. The van der Waals surface area contributed by atoms with Gasteiger partial charge < -0.3 is 15.2 Å². The van der Waals surface area contributed by atoms with E-state index in [0.29, 0.717) is 11.4 Å². The summed E-state index contributed by atoms with van der Waals surface area (Å²) in [5.74, 6) is 0.671. The Bertz CT molecular complexity index is 375. The van der Waals surface area contributed by atoms with Crippen LogP contribution in [0.15, 0.2) is 18.3 Å². The highest BCUT2D eigenvalue weighted by Gasteiger charge is 2.15. The van der Waals surface area contributed by atoms with Crippen LogP contribution in [-0.4, -0.2) is 30.1 Å². The SMILES string of the molecule is N=C(N)c1cc(OC2CCOCC2)ccn1. The van der Waals surface area contributed by atoms with E-state index in [-0.39, 0.29) is 11.9 Å². The summed E-state index contributed by atoms with van der Waals surface area (Å²) in [6, 6.07) is 3.47. The Balaban J connectivity index is 2.02. The number of hydrogen-bond acceptors (Lipinski definition) is 4. The van der Waals surface area contributed by atoms with E-state index in [1.54, 1.807) is 18.3 Å². The maximum absolute atomic E-state index is 7.29. The van der Waals surface area contributed by atoms with Crippen molar-refractivity contribution in [2.24, 2.45) is 5.73 Å². The molecule has 1 aromatic heterocycles. The van der Waals surface area contributed by atoms with Crippen molar-refractivity contribution in [3.8, 4) is 5.75 Å². The first kappa shape index (κ1) is 10.9. The Morgan fingerprint density at radius 3 is 2.94 bits per heavy atom. The fourth-order valence-corrected chi connectivity index (χ4v) is 1.62. The molecule has 1 saturated heterocycles. The van der Waals surface area contributed by atoms with Gasteiger partial charge in [0.2, 0.25) is 0 Å². The second kappa shape index (κ2) is 4.94. The van der Waals surface area contributed by atoms with Gasteiger partial charge in [-0.1, -0.05) is 0 Å². The van der Waals surface area contributed by atoms with Crippen molar-refractivity contribution in [3.63, 3.8) is 0 Å². The number of amidine groups is 1. The zero-order chi connectivity index (χ0) is 11.4. The largest absolute Gasteiger partial charge is 0.490 e. The van der Waals surface area contributed by atoms with Crippen LogP contribution in [0.1, 0.15) is 18.5 Å². The first-order valence-electron chi connectivity index (χ1n) is 5.30. The molecule has 0 aliphatic carbocycles. The van der Waals surface area contributed by atoms with E-state index in [2.05, 4.69) is 4.98 Å². The lowest BCUT2D eigenvalue weighted by Gasteiger charge is -2.23. The molecule has 0 spiro atoms. The predicted octanol–water partition coefficient (Wildman–Crippen LogP) is 0.923. The molecule has 0 atom stereocenters. The smallest absolute Gasteiger partial charge is 0.141 e. The second-order valence-corrected chi connectivity index (χ2v) is 3.72. The minimum Gasteiger partial charge on any atom is -0.490 e. The molecular formula is C11H15N3O2. The number of rotatable bonds is 3. The number of pyridine rings is 1. The lowest BCUT2D eigenvalue weighted by atomic mass is 10.1. The van der Waals surface area contributed by atoms with Crippen molar-refractivity contribution in [2.45, 2.75) is 18.9 Å². The van der Waals surface area contributed by atoms with Gasteiger partial charge in [0.25, 0.3) is 0 Å². The summed E-state index contributed by atoms with van der Waals surface area (Å²) in [6.45, 7) is 1.49.